The predicted octanol–water partition coefficient (Wildman–Crippen LogP) is 2.78. The number of ether oxygens (including phenoxy) is 2. The zero-order valence-electron chi connectivity index (χ0n) is 8.90. The molecule has 1 saturated carbocycles. The normalized spacial score (nSPS) is 17.2. The lowest BCUT2D eigenvalue weighted by Crippen LogP contribution is -2.14. The van der Waals surface area contributed by atoms with Crippen LogP contribution in [0.3, 0.4) is 0 Å². The maximum Gasteiger partial charge on any atom is 0.161 e. The summed E-state index contributed by atoms with van der Waals surface area (Å²) < 4.78 is 11.0. The van der Waals surface area contributed by atoms with Gasteiger partial charge in [-0.1, -0.05) is 12.1 Å². The Balaban J connectivity index is 1.98. The minimum absolute atomic E-state index is 0.323. The largest absolute Gasteiger partial charge is 0.493 e. The number of para-hydroxylation sites is 2. The summed E-state index contributed by atoms with van der Waals surface area (Å²) >= 11 is 4.35. The molecular formula is C12H16O2S. The van der Waals surface area contributed by atoms with Gasteiger partial charge in [0.2, 0.25) is 0 Å². The second-order valence-electron chi connectivity index (χ2n) is 4.10. The molecule has 0 unspecified atom stereocenters. The van der Waals surface area contributed by atoms with Crippen molar-refractivity contribution in [2.24, 2.45) is 5.41 Å². The van der Waals surface area contributed by atoms with Crippen molar-refractivity contribution in [3.05, 3.63) is 24.3 Å². The highest BCUT2D eigenvalue weighted by atomic mass is 32.1. The Hall–Kier alpha value is -0.830. The van der Waals surface area contributed by atoms with E-state index in [1.54, 1.807) is 7.11 Å². The second-order valence-corrected chi connectivity index (χ2v) is 4.41. The van der Waals surface area contributed by atoms with Crippen LogP contribution in [0, 0.1) is 5.41 Å². The summed E-state index contributed by atoms with van der Waals surface area (Å²) in [4.78, 5) is 0. The highest BCUT2D eigenvalue weighted by Crippen LogP contribution is 2.47. The van der Waals surface area contributed by atoms with Crippen LogP contribution in [-0.4, -0.2) is 19.5 Å². The first-order valence-corrected chi connectivity index (χ1v) is 5.80. The first-order chi connectivity index (χ1) is 7.29. The molecule has 0 bridgehead atoms. The van der Waals surface area contributed by atoms with Crippen molar-refractivity contribution in [3.63, 3.8) is 0 Å². The van der Waals surface area contributed by atoms with Crippen LogP contribution in [0.15, 0.2) is 24.3 Å². The van der Waals surface area contributed by atoms with E-state index in [-0.39, 0.29) is 0 Å². The summed E-state index contributed by atoms with van der Waals surface area (Å²) in [5, 5.41) is 0. The number of rotatable bonds is 5. The fraction of sp³-hybridized carbons (Fsp3) is 0.500. The molecule has 1 aromatic rings. The Morgan fingerprint density at radius 3 is 2.47 bits per heavy atom. The van der Waals surface area contributed by atoms with E-state index in [2.05, 4.69) is 12.6 Å². The van der Waals surface area contributed by atoms with Crippen LogP contribution in [0.25, 0.3) is 0 Å². The molecule has 3 heteroatoms. The molecule has 2 rings (SSSR count). The third-order valence-corrected chi connectivity index (χ3v) is 3.57. The molecule has 15 heavy (non-hydrogen) atoms. The summed E-state index contributed by atoms with van der Waals surface area (Å²) in [7, 11) is 1.66. The van der Waals surface area contributed by atoms with Gasteiger partial charge in [-0.05, 0) is 30.7 Å². The van der Waals surface area contributed by atoms with Gasteiger partial charge in [0.1, 0.15) is 0 Å². The first kappa shape index (κ1) is 10.7. The highest BCUT2D eigenvalue weighted by Gasteiger charge is 2.42. The number of benzene rings is 1. The molecule has 0 atom stereocenters. The molecule has 0 heterocycles. The van der Waals surface area contributed by atoms with Gasteiger partial charge < -0.3 is 9.47 Å². The molecule has 0 N–H and O–H groups in total. The minimum Gasteiger partial charge on any atom is -0.493 e. The molecule has 0 aromatic heterocycles. The van der Waals surface area contributed by atoms with Crippen molar-refractivity contribution < 1.29 is 9.47 Å². The van der Waals surface area contributed by atoms with Gasteiger partial charge in [-0.3, -0.25) is 0 Å². The van der Waals surface area contributed by atoms with Crippen LogP contribution in [0.5, 0.6) is 11.5 Å². The summed E-state index contributed by atoms with van der Waals surface area (Å²) in [6.07, 6.45) is 2.46. The number of hydrogen-bond donors (Lipinski definition) is 1. The Morgan fingerprint density at radius 2 is 1.93 bits per heavy atom. The lowest BCUT2D eigenvalue weighted by Gasteiger charge is -2.15. The zero-order valence-corrected chi connectivity index (χ0v) is 9.80. The van der Waals surface area contributed by atoms with E-state index in [4.69, 9.17) is 9.47 Å². The quantitative estimate of drug-likeness (QED) is 0.775. The van der Waals surface area contributed by atoms with Gasteiger partial charge in [0.15, 0.2) is 11.5 Å². The third-order valence-electron chi connectivity index (χ3n) is 2.90. The highest BCUT2D eigenvalue weighted by molar-refractivity contribution is 7.80. The van der Waals surface area contributed by atoms with Crippen LogP contribution < -0.4 is 9.47 Å². The molecule has 0 radical (unpaired) electrons. The number of thiol groups is 1. The van der Waals surface area contributed by atoms with Gasteiger partial charge in [-0.2, -0.15) is 12.6 Å². The molecule has 0 amide bonds. The zero-order chi connectivity index (χ0) is 10.7. The molecule has 0 saturated heterocycles. The minimum atomic E-state index is 0.323. The van der Waals surface area contributed by atoms with Gasteiger partial charge in [-0.25, -0.2) is 0 Å². The first-order valence-electron chi connectivity index (χ1n) is 5.16. The molecule has 2 nitrogen and oxygen atoms in total. The average molecular weight is 224 g/mol. The van der Waals surface area contributed by atoms with E-state index in [0.29, 0.717) is 5.41 Å². The maximum atomic E-state index is 5.77. The SMILES string of the molecule is COc1ccccc1OCC1(CS)CC1. The van der Waals surface area contributed by atoms with Crippen LogP contribution in [0.4, 0.5) is 0 Å². The molecule has 0 spiro atoms. The summed E-state index contributed by atoms with van der Waals surface area (Å²) in [5.74, 6) is 2.53. The van der Waals surface area contributed by atoms with Crippen molar-refractivity contribution in [3.8, 4) is 11.5 Å². The molecule has 82 valence electrons. The van der Waals surface area contributed by atoms with E-state index in [0.717, 1.165) is 23.9 Å². The van der Waals surface area contributed by atoms with Crippen molar-refractivity contribution in [2.45, 2.75) is 12.8 Å². The van der Waals surface area contributed by atoms with Crippen LogP contribution in [0.2, 0.25) is 0 Å². The van der Waals surface area contributed by atoms with E-state index >= 15 is 0 Å². The molecule has 1 fully saturated rings. The number of methoxy groups -OCH3 is 1. The van der Waals surface area contributed by atoms with E-state index in [1.165, 1.54) is 12.8 Å². The standard InChI is InChI=1S/C12H16O2S/c1-13-10-4-2-3-5-11(10)14-8-12(9-15)6-7-12/h2-5,15H,6-9H2,1H3. The fourth-order valence-electron chi connectivity index (χ4n) is 1.49. The van der Waals surface area contributed by atoms with Crippen LogP contribution in [0.1, 0.15) is 12.8 Å². The van der Waals surface area contributed by atoms with Crippen molar-refractivity contribution >= 4 is 12.6 Å². The molecule has 1 aliphatic carbocycles. The van der Waals surface area contributed by atoms with Crippen LogP contribution >= 0.6 is 12.6 Å². The maximum absolute atomic E-state index is 5.77. The Labute approximate surface area is 96.0 Å². The lowest BCUT2D eigenvalue weighted by molar-refractivity contribution is 0.239. The monoisotopic (exact) mass is 224 g/mol. The van der Waals surface area contributed by atoms with E-state index in [9.17, 15) is 0 Å². The third kappa shape index (κ3) is 2.40. The van der Waals surface area contributed by atoms with Crippen LogP contribution in [-0.2, 0) is 0 Å². The topological polar surface area (TPSA) is 18.5 Å². The smallest absolute Gasteiger partial charge is 0.161 e. The molecular weight excluding hydrogens is 208 g/mol. The Morgan fingerprint density at radius 1 is 1.27 bits per heavy atom. The molecule has 1 aromatic carbocycles. The van der Waals surface area contributed by atoms with E-state index in [1.807, 2.05) is 24.3 Å². The van der Waals surface area contributed by atoms with Gasteiger partial charge >= 0.3 is 0 Å². The Kier molecular flexibility index (Phi) is 3.10. The average Bonchev–Trinajstić information content (AvgIpc) is 3.07. The Bertz CT molecular complexity index is 334. The number of hydrogen-bond acceptors (Lipinski definition) is 3. The van der Waals surface area contributed by atoms with Gasteiger partial charge in [0.25, 0.3) is 0 Å². The lowest BCUT2D eigenvalue weighted by atomic mass is 10.2. The molecule has 0 aliphatic heterocycles. The fourth-order valence-corrected chi connectivity index (χ4v) is 1.90. The second kappa shape index (κ2) is 4.35. The van der Waals surface area contributed by atoms with Gasteiger partial charge in [0.05, 0.1) is 13.7 Å². The van der Waals surface area contributed by atoms with Gasteiger partial charge in [-0.15, -0.1) is 0 Å². The van der Waals surface area contributed by atoms with Crippen molar-refractivity contribution in [2.75, 3.05) is 19.5 Å². The van der Waals surface area contributed by atoms with Crippen molar-refractivity contribution in [1.29, 1.82) is 0 Å². The summed E-state index contributed by atoms with van der Waals surface area (Å²) in [5.41, 5.74) is 0.323. The van der Waals surface area contributed by atoms with Gasteiger partial charge in [0, 0.05) is 5.41 Å². The predicted molar refractivity (Wildman–Crippen MR) is 64.0 cm³/mol. The summed E-state index contributed by atoms with van der Waals surface area (Å²) in [6, 6.07) is 7.75. The van der Waals surface area contributed by atoms with E-state index < -0.39 is 0 Å². The van der Waals surface area contributed by atoms with Crippen molar-refractivity contribution in [1.82, 2.24) is 0 Å². The molecule has 1 aliphatic rings. The summed E-state index contributed by atoms with van der Waals surface area (Å²) in [6.45, 7) is 0.747.